The van der Waals surface area contributed by atoms with Gasteiger partial charge in [-0.15, -0.1) is 0 Å². The van der Waals surface area contributed by atoms with Crippen LogP contribution in [0.25, 0.3) is 0 Å². The molecule has 1 aliphatic heterocycles. The fraction of sp³-hybridized carbons (Fsp3) is 0. The Balaban J connectivity index is 2.30. The first-order valence-electron chi connectivity index (χ1n) is 5.56. The first-order chi connectivity index (χ1) is 9.67. The van der Waals surface area contributed by atoms with Crippen LogP contribution < -0.4 is 5.32 Å². The minimum absolute atomic E-state index is 0.00301. The normalized spacial score (nSPS) is 11.6. The number of rotatable bonds is 0. The Morgan fingerprint density at radius 2 is 1.65 bits per heavy atom. The van der Waals surface area contributed by atoms with Crippen molar-refractivity contribution in [1.82, 2.24) is 0 Å². The lowest BCUT2D eigenvalue weighted by Crippen LogP contribution is -2.08. The van der Waals surface area contributed by atoms with E-state index >= 15 is 0 Å². The molecule has 0 amide bonds. The number of nitrogens with zero attached hydrogens (tertiary/aromatic N) is 2. The molecule has 0 unspecified atom stereocenters. The summed E-state index contributed by atoms with van der Waals surface area (Å²) in [5.41, 5.74) is -0.590. The summed E-state index contributed by atoms with van der Waals surface area (Å²) in [5, 5.41) is 20.6. The second kappa shape index (κ2) is 4.52. The third-order valence-corrected chi connectivity index (χ3v) is 4.08. The zero-order valence-corrected chi connectivity index (χ0v) is 10.7. The topological polar surface area (TPSA) is 59.6 Å². The lowest BCUT2D eigenvalue weighted by atomic mass is 10.1. The zero-order valence-electron chi connectivity index (χ0n) is 9.87. The molecule has 0 spiro atoms. The number of nitriles is 2. The molecule has 0 aliphatic carbocycles. The Morgan fingerprint density at radius 3 is 2.35 bits per heavy atom. The van der Waals surface area contributed by atoms with E-state index < -0.39 is 22.8 Å². The van der Waals surface area contributed by atoms with Crippen molar-refractivity contribution in [1.29, 1.82) is 10.5 Å². The highest BCUT2D eigenvalue weighted by atomic mass is 32.2. The third kappa shape index (κ3) is 1.63. The summed E-state index contributed by atoms with van der Waals surface area (Å²) >= 11 is 1.03. The highest BCUT2D eigenvalue weighted by molar-refractivity contribution is 7.99. The summed E-state index contributed by atoms with van der Waals surface area (Å²) in [7, 11) is 0. The minimum atomic E-state index is -0.901. The molecular formula is C14H5F2N3S. The molecular weight excluding hydrogens is 280 g/mol. The van der Waals surface area contributed by atoms with E-state index in [2.05, 4.69) is 5.32 Å². The standard InChI is InChI=1S/C14H5F2N3S/c15-11-7(5-17)8(6-18)12(16)14-13(11)19-9-3-1-2-4-10(9)20-14/h1-4,19H. The van der Waals surface area contributed by atoms with Crippen molar-refractivity contribution in [2.75, 3.05) is 5.32 Å². The molecule has 20 heavy (non-hydrogen) atoms. The summed E-state index contributed by atoms with van der Waals surface area (Å²) < 4.78 is 28.5. The van der Waals surface area contributed by atoms with E-state index in [-0.39, 0.29) is 10.6 Å². The van der Waals surface area contributed by atoms with Crippen molar-refractivity contribution in [3.63, 3.8) is 0 Å². The van der Waals surface area contributed by atoms with Gasteiger partial charge >= 0.3 is 0 Å². The number of halogens is 2. The van der Waals surface area contributed by atoms with Gasteiger partial charge in [0.1, 0.15) is 23.3 Å². The van der Waals surface area contributed by atoms with Gasteiger partial charge in [-0.25, -0.2) is 8.78 Å². The molecule has 0 saturated heterocycles. The molecule has 0 radical (unpaired) electrons. The highest BCUT2D eigenvalue weighted by Gasteiger charge is 2.28. The fourth-order valence-electron chi connectivity index (χ4n) is 1.99. The maximum atomic E-state index is 14.3. The molecule has 0 bridgehead atoms. The zero-order chi connectivity index (χ0) is 14.3. The average Bonchev–Trinajstić information content (AvgIpc) is 2.49. The number of fused-ring (bicyclic) bond motifs is 2. The molecule has 6 heteroatoms. The van der Waals surface area contributed by atoms with Crippen molar-refractivity contribution in [2.24, 2.45) is 0 Å². The Morgan fingerprint density at radius 1 is 1.00 bits per heavy atom. The van der Waals surface area contributed by atoms with Crippen LogP contribution in [-0.4, -0.2) is 0 Å². The lowest BCUT2D eigenvalue weighted by Gasteiger charge is -2.22. The predicted octanol–water partition coefficient (Wildman–Crippen LogP) is 3.92. The van der Waals surface area contributed by atoms with Crippen molar-refractivity contribution in [3.8, 4) is 12.1 Å². The van der Waals surface area contributed by atoms with Gasteiger partial charge in [0.2, 0.25) is 0 Å². The van der Waals surface area contributed by atoms with E-state index in [1.54, 1.807) is 36.4 Å². The summed E-state index contributed by atoms with van der Waals surface area (Å²) in [6, 6.07) is 10.1. The smallest absolute Gasteiger partial charge is 0.167 e. The Kier molecular flexibility index (Phi) is 2.81. The van der Waals surface area contributed by atoms with Crippen molar-refractivity contribution < 1.29 is 8.78 Å². The van der Waals surface area contributed by atoms with Crippen LogP contribution >= 0.6 is 11.8 Å². The Hall–Kier alpha value is -2.57. The molecule has 0 aromatic heterocycles. The van der Waals surface area contributed by atoms with Gasteiger partial charge in [0, 0.05) is 4.90 Å². The van der Waals surface area contributed by atoms with Gasteiger partial charge in [0.25, 0.3) is 0 Å². The molecule has 96 valence electrons. The van der Waals surface area contributed by atoms with E-state index in [0.717, 1.165) is 16.7 Å². The first-order valence-corrected chi connectivity index (χ1v) is 6.38. The summed E-state index contributed by atoms with van der Waals surface area (Å²) in [4.78, 5) is 0.726. The fourth-order valence-corrected chi connectivity index (χ4v) is 3.02. The Bertz CT molecular complexity index is 751. The summed E-state index contributed by atoms with van der Waals surface area (Å²) in [5.74, 6) is -1.77. The van der Waals surface area contributed by atoms with Crippen molar-refractivity contribution in [2.45, 2.75) is 9.79 Å². The molecule has 3 nitrogen and oxygen atoms in total. The van der Waals surface area contributed by atoms with E-state index in [9.17, 15) is 8.78 Å². The van der Waals surface area contributed by atoms with Gasteiger partial charge < -0.3 is 5.32 Å². The van der Waals surface area contributed by atoms with Crippen LogP contribution in [0.3, 0.4) is 0 Å². The largest absolute Gasteiger partial charge is 0.351 e. The van der Waals surface area contributed by atoms with Gasteiger partial charge in [-0.1, -0.05) is 23.9 Å². The van der Waals surface area contributed by atoms with Crippen LogP contribution in [0.1, 0.15) is 11.1 Å². The molecule has 1 N–H and O–H groups in total. The van der Waals surface area contributed by atoms with E-state index in [0.29, 0.717) is 5.69 Å². The van der Waals surface area contributed by atoms with Gasteiger partial charge in [0.15, 0.2) is 11.6 Å². The number of hydrogen-bond donors (Lipinski definition) is 1. The molecule has 0 saturated carbocycles. The Labute approximate surface area is 117 Å². The van der Waals surface area contributed by atoms with Crippen molar-refractivity contribution in [3.05, 3.63) is 47.0 Å². The first kappa shape index (κ1) is 12.5. The molecule has 1 heterocycles. The third-order valence-electron chi connectivity index (χ3n) is 2.92. The average molecular weight is 285 g/mol. The van der Waals surface area contributed by atoms with Crippen LogP contribution in [0.4, 0.5) is 20.2 Å². The quantitative estimate of drug-likeness (QED) is 0.680. The molecule has 2 aromatic rings. The minimum Gasteiger partial charge on any atom is -0.351 e. The van der Waals surface area contributed by atoms with Gasteiger partial charge in [-0.05, 0) is 12.1 Å². The number of anilines is 2. The summed E-state index contributed by atoms with van der Waals surface area (Å²) in [6.07, 6.45) is 0. The molecule has 0 atom stereocenters. The van der Waals surface area contributed by atoms with Gasteiger partial charge in [0.05, 0.1) is 16.3 Å². The molecule has 1 aliphatic rings. The maximum absolute atomic E-state index is 14.3. The van der Waals surface area contributed by atoms with Crippen LogP contribution in [0, 0.1) is 34.3 Å². The van der Waals surface area contributed by atoms with E-state index in [1.165, 1.54) is 0 Å². The highest BCUT2D eigenvalue weighted by Crippen LogP contribution is 2.47. The lowest BCUT2D eigenvalue weighted by molar-refractivity contribution is 0.574. The van der Waals surface area contributed by atoms with Crippen molar-refractivity contribution >= 4 is 23.1 Å². The monoisotopic (exact) mass is 285 g/mol. The SMILES string of the molecule is N#Cc1c(F)c2c(c(F)c1C#N)Sc1ccccc1N2. The number of nitrogens with one attached hydrogen (secondary N) is 1. The van der Waals surface area contributed by atoms with Gasteiger partial charge in [-0.2, -0.15) is 10.5 Å². The molecule has 2 aromatic carbocycles. The van der Waals surface area contributed by atoms with Crippen LogP contribution in [0.15, 0.2) is 34.1 Å². The van der Waals surface area contributed by atoms with Crippen LogP contribution in [-0.2, 0) is 0 Å². The summed E-state index contributed by atoms with van der Waals surface area (Å²) in [6.45, 7) is 0. The molecule has 0 fully saturated rings. The van der Waals surface area contributed by atoms with E-state index in [1.807, 2.05) is 0 Å². The number of benzene rings is 2. The number of para-hydroxylation sites is 1. The second-order valence-electron chi connectivity index (χ2n) is 4.03. The van der Waals surface area contributed by atoms with Crippen LogP contribution in [0.2, 0.25) is 0 Å². The second-order valence-corrected chi connectivity index (χ2v) is 5.08. The maximum Gasteiger partial charge on any atom is 0.167 e. The molecule has 3 rings (SSSR count). The van der Waals surface area contributed by atoms with Gasteiger partial charge in [-0.3, -0.25) is 0 Å². The van der Waals surface area contributed by atoms with Crippen LogP contribution in [0.5, 0.6) is 0 Å². The predicted molar refractivity (Wildman–Crippen MR) is 69.6 cm³/mol. The van der Waals surface area contributed by atoms with E-state index in [4.69, 9.17) is 10.5 Å². The number of hydrogen-bond acceptors (Lipinski definition) is 4.